The summed E-state index contributed by atoms with van der Waals surface area (Å²) in [7, 11) is 0. The van der Waals surface area contributed by atoms with Gasteiger partial charge in [0.1, 0.15) is 23.1 Å². The van der Waals surface area contributed by atoms with Crippen molar-refractivity contribution in [1.82, 2.24) is 40.0 Å². The number of aromatic nitrogens is 6. The number of anilines is 2. The lowest BCUT2D eigenvalue weighted by molar-refractivity contribution is 0.0197. The van der Waals surface area contributed by atoms with E-state index in [9.17, 15) is 4.79 Å². The number of piperidine rings is 1. The van der Waals surface area contributed by atoms with Crippen LogP contribution in [0.25, 0.3) is 16.8 Å². The van der Waals surface area contributed by atoms with Crippen molar-refractivity contribution in [3.05, 3.63) is 54.2 Å². The topological polar surface area (TPSA) is 138 Å². The number of nitrogens with zero attached hydrogens (tertiary/aromatic N) is 7. The summed E-state index contributed by atoms with van der Waals surface area (Å²) in [5.74, 6) is 2.34. The number of carbonyl (C=O) groups is 1. The van der Waals surface area contributed by atoms with Gasteiger partial charge in [-0.25, -0.2) is 14.8 Å². The number of pyridine rings is 1. The molecule has 1 atom stereocenters. The third kappa shape index (κ3) is 5.47. The summed E-state index contributed by atoms with van der Waals surface area (Å²) in [6.45, 7) is 8.60. The molecule has 6 rings (SSSR count). The molecule has 1 unspecified atom stereocenters. The van der Waals surface area contributed by atoms with Crippen LogP contribution in [0.2, 0.25) is 0 Å². The van der Waals surface area contributed by atoms with Gasteiger partial charge < -0.3 is 20.3 Å². The van der Waals surface area contributed by atoms with Crippen molar-refractivity contribution in [1.29, 1.82) is 0 Å². The van der Waals surface area contributed by atoms with Gasteiger partial charge in [0.05, 0.1) is 18.1 Å². The van der Waals surface area contributed by atoms with E-state index in [0.29, 0.717) is 24.6 Å². The number of carbonyl (C=O) groups excluding carboxylic acids is 1. The minimum Gasteiger partial charge on any atom is -0.444 e. The van der Waals surface area contributed by atoms with E-state index in [1.165, 1.54) is 0 Å². The van der Waals surface area contributed by atoms with Crippen molar-refractivity contribution in [2.45, 2.75) is 51.6 Å². The Hall–Kier alpha value is -4.48. The van der Waals surface area contributed by atoms with Gasteiger partial charge in [-0.15, -0.1) is 0 Å². The van der Waals surface area contributed by atoms with Gasteiger partial charge in [0.15, 0.2) is 5.65 Å². The summed E-state index contributed by atoms with van der Waals surface area (Å²) in [5.41, 5.74) is 3.75. The number of amides is 1. The van der Waals surface area contributed by atoms with Gasteiger partial charge in [0, 0.05) is 67.2 Å². The molecule has 0 saturated carbocycles. The largest absolute Gasteiger partial charge is 0.444 e. The summed E-state index contributed by atoms with van der Waals surface area (Å²) in [6, 6.07) is 5.95. The molecular weight excluding hydrogens is 508 g/mol. The second-order valence-corrected chi connectivity index (χ2v) is 11.2. The standard InChI is InChI=1S/C28H34N10O2/c1-28(2,3)40-27(39)37-11-4-6-19(17-37)22-12-24(38-26(35-22)21(16-34-38)20-14-32-33-15-20)36-23-8-7-18(13-31-23)25-29-9-5-10-30-25/h7-8,12-16,19H,4-6,9-11,17H2,1-3H3,(H,29,30)(H,31,36)(H,32,33). The average molecular weight is 543 g/mol. The zero-order valence-corrected chi connectivity index (χ0v) is 23.0. The lowest BCUT2D eigenvalue weighted by Crippen LogP contribution is -2.42. The fraction of sp³-hybridized carbons (Fsp3) is 0.429. The fourth-order valence-corrected chi connectivity index (χ4v) is 5.06. The SMILES string of the molecule is CC(C)(C)OC(=O)N1CCCC(c2cc(Nc3ccc(C4=NCCCN4)cn3)n3ncc(-c4cn[nH]c4)c3n2)C1. The number of fused-ring (bicyclic) bond motifs is 1. The lowest BCUT2D eigenvalue weighted by Gasteiger charge is -2.34. The lowest BCUT2D eigenvalue weighted by atomic mass is 9.94. The average Bonchev–Trinajstić information content (AvgIpc) is 3.63. The van der Waals surface area contributed by atoms with E-state index < -0.39 is 5.60 Å². The van der Waals surface area contributed by atoms with E-state index in [0.717, 1.165) is 66.4 Å². The Bertz CT molecular complexity index is 1520. The van der Waals surface area contributed by atoms with E-state index in [1.54, 1.807) is 21.8 Å². The minimum absolute atomic E-state index is 0.0460. The third-order valence-corrected chi connectivity index (χ3v) is 6.98. The Morgan fingerprint density at radius 2 is 2.05 bits per heavy atom. The molecule has 0 aromatic carbocycles. The maximum atomic E-state index is 12.8. The van der Waals surface area contributed by atoms with Crippen molar-refractivity contribution < 1.29 is 9.53 Å². The molecule has 0 aliphatic carbocycles. The monoisotopic (exact) mass is 542 g/mol. The Morgan fingerprint density at radius 1 is 1.15 bits per heavy atom. The molecule has 6 heterocycles. The molecule has 0 spiro atoms. The highest BCUT2D eigenvalue weighted by atomic mass is 16.6. The highest BCUT2D eigenvalue weighted by Gasteiger charge is 2.30. The first-order valence-electron chi connectivity index (χ1n) is 13.7. The number of likely N-dealkylation sites (tertiary alicyclic amines) is 1. The quantitative estimate of drug-likeness (QED) is 0.343. The van der Waals surface area contributed by atoms with E-state index in [4.69, 9.17) is 9.72 Å². The molecular formula is C28H34N10O2. The van der Waals surface area contributed by atoms with E-state index >= 15 is 0 Å². The van der Waals surface area contributed by atoms with Crippen LogP contribution in [-0.4, -0.2) is 78.4 Å². The van der Waals surface area contributed by atoms with E-state index in [-0.39, 0.29) is 12.0 Å². The first kappa shape index (κ1) is 25.8. The molecule has 0 bridgehead atoms. The number of aliphatic imine (C=N–C) groups is 1. The molecule has 40 heavy (non-hydrogen) atoms. The molecule has 1 saturated heterocycles. The summed E-state index contributed by atoms with van der Waals surface area (Å²) in [5, 5.41) is 18.4. The smallest absolute Gasteiger partial charge is 0.410 e. The molecule has 0 radical (unpaired) electrons. The summed E-state index contributed by atoms with van der Waals surface area (Å²) >= 11 is 0. The zero-order chi connectivity index (χ0) is 27.7. The number of rotatable bonds is 5. The van der Waals surface area contributed by atoms with Gasteiger partial charge in [-0.3, -0.25) is 10.1 Å². The van der Waals surface area contributed by atoms with Gasteiger partial charge in [-0.1, -0.05) is 0 Å². The van der Waals surface area contributed by atoms with Crippen LogP contribution >= 0.6 is 0 Å². The highest BCUT2D eigenvalue weighted by Crippen LogP contribution is 2.32. The summed E-state index contributed by atoms with van der Waals surface area (Å²) in [4.78, 5) is 28.9. The van der Waals surface area contributed by atoms with Crippen LogP contribution in [0.1, 0.15) is 57.2 Å². The summed E-state index contributed by atoms with van der Waals surface area (Å²) < 4.78 is 7.43. The normalized spacial score (nSPS) is 17.8. The number of amidine groups is 1. The van der Waals surface area contributed by atoms with Gasteiger partial charge in [-0.2, -0.15) is 14.7 Å². The molecule has 2 aliphatic rings. The number of hydrogen-bond acceptors (Lipinski definition) is 9. The van der Waals surface area contributed by atoms with Crippen LogP contribution in [-0.2, 0) is 4.74 Å². The van der Waals surface area contributed by atoms with E-state index in [2.05, 4.69) is 35.9 Å². The highest BCUT2D eigenvalue weighted by molar-refractivity contribution is 5.99. The van der Waals surface area contributed by atoms with E-state index in [1.807, 2.05) is 51.4 Å². The van der Waals surface area contributed by atoms with Gasteiger partial charge in [-0.05, 0) is 52.2 Å². The van der Waals surface area contributed by atoms with Crippen LogP contribution < -0.4 is 10.6 Å². The first-order chi connectivity index (χ1) is 19.3. The Balaban J connectivity index is 1.33. The van der Waals surface area contributed by atoms with Crippen molar-refractivity contribution in [3.8, 4) is 11.1 Å². The number of aromatic amines is 1. The zero-order valence-electron chi connectivity index (χ0n) is 23.0. The predicted molar refractivity (Wildman–Crippen MR) is 152 cm³/mol. The molecule has 12 heteroatoms. The number of nitrogens with one attached hydrogen (secondary N) is 3. The van der Waals surface area contributed by atoms with Gasteiger partial charge >= 0.3 is 6.09 Å². The van der Waals surface area contributed by atoms with Crippen molar-refractivity contribution in [2.24, 2.45) is 4.99 Å². The number of H-pyrrole nitrogens is 1. The molecule has 4 aromatic rings. The van der Waals surface area contributed by atoms with Gasteiger partial charge in [0.25, 0.3) is 0 Å². The van der Waals surface area contributed by atoms with Crippen LogP contribution in [0.3, 0.4) is 0 Å². The van der Waals surface area contributed by atoms with Crippen LogP contribution in [0.4, 0.5) is 16.4 Å². The first-order valence-corrected chi connectivity index (χ1v) is 13.7. The fourth-order valence-electron chi connectivity index (χ4n) is 5.06. The Morgan fingerprint density at radius 3 is 2.77 bits per heavy atom. The Labute approximate surface area is 232 Å². The summed E-state index contributed by atoms with van der Waals surface area (Å²) in [6.07, 6.45) is 9.72. The molecule has 208 valence electrons. The van der Waals surface area contributed by atoms with Gasteiger partial charge in [0.2, 0.25) is 0 Å². The molecule has 1 fully saturated rings. The number of hydrogen-bond donors (Lipinski definition) is 3. The minimum atomic E-state index is -0.544. The van der Waals surface area contributed by atoms with Crippen molar-refractivity contribution >= 4 is 29.2 Å². The maximum absolute atomic E-state index is 12.8. The molecule has 4 aromatic heterocycles. The molecule has 3 N–H and O–H groups in total. The molecule has 12 nitrogen and oxygen atoms in total. The van der Waals surface area contributed by atoms with Crippen LogP contribution in [0.5, 0.6) is 0 Å². The third-order valence-electron chi connectivity index (χ3n) is 6.98. The number of ether oxygens (including phenoxy) is 1. The van der Waals surface area contributed by atoms with Crippen molar-refractivity contribution in [2.75, 3.05) is 31.5 Å². The predicted octanol–water partition coefficient (Wildman–Crippen LogP) is 4.11. The van der Waals surface area contributed by atoms with Crippen LogP contribution in [0.15, 0.2) is 48.0 Å². The second kappa shape index (κ2) is 10.6. The van der Waals surface area contributed by atoms with Crippen molar-refractivity contribution in [3.63, 3.8) is 0 Å². The maximum Gasteiger partial charge on any atom is 0.410 e. The second-order valence-electron chi connectivity index (χ2n) is 11.2. The van der Waals surface area contributed by atoms with Crippen LogP contribution in [0, 0.1) is 0 Å². The molecule has 1 amide bonds. The Kier molecular flexibility index (Phi) is 6.82. The molecule has 2 aliphatic heterocycles.